The third-order valence-electron chi connectivity index (χ3n) is 6.95. The van der Waals surface area contributed by atoms with Crippen LogP contribution in [0.1, 0.15) is 29.9 Å². The van der Waals surface area contributed by atoms with Crippen LogP contribution in [-0.4, -0.2) is 36.4 Å². The normalized spacial score (nSPS) is 22.2. The lowest BCUT2D eigenvalue weighted by atomic mass is 9.73. The molecule has 5 rings (SSSR count). The molecule has 7 nitrogen and oxygen atoms in total. The van der Waals surface area contributed by atoms with Crippen LogP contribution >= 0.6 is 0 Å². The zero-order valence-corrected chi connectivity index (χ0v) is 17.8. The van der Waals surface area contributed by atoms with Crippen molar-refractivity contribution in [3.8, 4) is 11.5 Å². The molecule has 3 aromatic rings. The van der Waals surface area contributed by atoms with Crippen LogP contribution in [0.2, 0.25) is 0 Å². The first-order chi connectivity index (χ1) is 15.1. The predicted molar refractivity (Wildman–Crippen MR) is 119 cm³/mol. The molecule has 162 valence electrons. The molecule has 2 N–H and O–H groups in total. The number of hydrogen-bond donors (Lipinski definition) is 2. The lowest BCUT2D eigenvalue weighted by Gasteiger charge is -2.32. The number of methoxy groups -OCH3 is 2. The quantitative estimate of drug-likeness (QED) is 0.661. The number of nitrogens with zero attached hydrogens (tertiary/aromatic N) is 1. The van der Waals surface area contributed by atoms with Gasteiger partial charge in [-0.15, -0.1) is 0 Å². The molecule has 0 radical (unpaired) electrons. The second kappa shape index (κ2) is 7.89. The molecule has 2 aromatic carbocycles. The summed E-state index contributed by atoms with van der Waals surface area (Å²) < 4.78 is 12.1. The summed E-state index contributed by atoms with van der Waals surface area (Å²) in [6, 6.07) is 11.6. The van der Waals surface area contributed by atoms with Crippen LogP contribution in [0, 0.1) is 5.92 Å². The third kappa shape index (κ3) is 3.33. The third-order valence-corrected chi connectivity index (χ3v) is 6.95. The molecular formula is C24H27N3O4. The minimum atomic E-state index is -0.383. The van der Waals surface area contributed by atoms with Gasteiger partial charge < -0.3 is 19.8 Å². The number of benzene rings is 2. The van der Waals surface area contributed by atoms with Gasteiger partial charge in [-0.2, -0.15) is 0 Å². The Morgan fingerprint density at radius 2 is 2.00 bits per heavy atom. The SMILES string of the molecule is COc1ccc2c(=O)n(CCC3NC[C@@H]4CCc5c(OC)cccc5[C@H]34)c(=O)[nH]c2c1. The fourth-order valence-electron chi connectivity index (χ4n) is 5.43. The zero-order valence-electron chi connectivity index (χ0n) is 17.8. The van der Waals surface area contributed by atoms with Crippen LogP contribution < -0.4 is 26.0 Å². The first-order valence-electron chi connectivity index (χ1n) is 10.8. The Balaban J connectivity index is 1.43. The molecule has 0 amide bonds. The molecule has 0 bridgehead atoms. The van der Waals surface area contributed by atoms with Crippen molar-refractivity contribution in [2.45, 2.75) is 37.8 Å². The van der Waals surface area contributed by atoms with Crippen LogP contribution in [0.25, 0.3) is 10.9 Å². The Morgan fingerprint density at radius 3 is 2.81 bits per heavy atom. The lowest BCUT2D eigenvalue weighted by molar-refractivity contribution is 0.371. The Hall–Kier alpha value is -3.06. The highest BCUT2D eigenvalue weighted by Crippen LogP contribution is 2.45. The maximum Gasteiger partial charge on any atom is 0.328 e. The van der Waals surface area contributed by atoms with Gasteiger partial charge in [0.05, 0.1) is 25.1 Å². The number of aromatic amines is 1. The summed E-state index contributed by atoms with van der Waals surface area (Å²) in [4.78, 5) is 28.5. The van der Waals surface area contributed by atoms with E-state index in [9.17, 15) is 9.59 Å². The summed E-state index contributed by atoms with van der Waals surface area (Å²) >= 11 is 0. The van der Waals surface area contributed by atoms with Crippen molar-refractivity contribution in [1.29, 1.82) is 0 Å². The fourth-order valence-corrected chi connectivity index (χ4v) is 5.43. The van der Waals surface area contributed by atoms with Crippen molar-refractivity contribution < 1.29 is 9.47 Å². The largest absolute Gasteiger partial charge is 0.497 e. The van der Waals surface area contributed by atoms with Gasteiger partial charge in [0, 0.05) is 24.6 Å². The summed E-state index contributed by atoms with van der Waals surface area (Å²) in [6.45, 7) is 1.34. The Labute approximate surface area is 180 Å². The second-order valence-corrected chi connectivity index (χ2v) is 8.45. The van der Waals surface area contributed by atoms with Crippen LogP contribution in [0.3, 0.4) is 0 Å². The summed E-state index contributed by atoms with van der Waals surface area (Å²) in [5.74, 6) is 2.51. The van der Waals surface area contributed by atoms with Crippen molar-refractivity contribution >= 4 is 10.9 Å². The summed E-state index contributed by atoms with van der Waals surface area (Å²) in [5.41, 5.74) is 2.50. The number of fused-ring (bicyclic) bond motifs is 4. The van der Waals surface area contributed by atoms with Gasteiger partial charge in [-0.3, -0.25) is 9.36 Å². The molecule has 2 heterocycles. The highest BCUT2D eigenvalue weighted by atomic mass is 16.5. The Bertz CT molecular complexity index is 1250. The molecule has 1 aliphatic heterocycles. The van der Waals surface area contributed by atoms with E-state index in [4.69, 9.17) is 9.47 Å². The molecule has 0 saturated carbocycles. The van der Waals surface area contributed by atoms with Crippen molar-refractivity contribution in [2.75, 3.05) is 20.8 Å². The first-order valence-corrected chi connectivity index (χ1v) is 10.8. The maximum absolute atomic E-state index is 13.0. The molecule has 0 spiro atoms. The zero-order chi connectivity index (χ0) is 21.5. The first kappa shape index (κ1) is 19.9. The number of hydrogen-bond acceptors (Lipinski definition) is 5. The van der Waals surface area contributed by atoms with Gasteiger partial charge >= 0.3 is 5.69 Å². The van der Waals surface area contributed by atoms with Crippen LogP contribution in [0.5, 0.6) is 11.5 Å². The molecule has 7 heteroatoms. The molecular weight excluding hydrogens is 394 g/mol. The van der Waals surface area contributed by atoms with E-state index in [0.717, 1.165) is 25.1 Å². The number of rotatable bonds is 5. The van der Waals surface area contributed by atoms with Gasteiger partial charge in [0.15, 0.2) is 0 Å². The topological polar surface area (TPSA) is 85.3 Å². The molecule has 2 aliphatic rings. The highest BCUT2D eigenvalue weighted by Gasteiger charge is 2.40. The fraction of sp³-hybridized carbons (Fsp3) is 0.417. The van der Waals surface area contributed by atoms with Crippen molar-refractivity contribution in [3.05, 3.63) is 68.4 Å². The van der Waals surface area contributed by atoms with Crippen LogP contribution in [0.4, 0.5) is 0 Å². The maximum atomic E-state index is 13.0. The number of aromatic nitrogens is 2. The van der Waals surface area contributed by atoms with E-state index in [1.807, 2.05) is 6.07 Å². The van der Waals surface area contributed by atoms with Crippen LogP contribution in [0.15, 0.2) is 46.0 Å². The van der Waals surface area contributed by atoms with E-state index in [2.05, 4.69) is 22.4 Å². The van der Waals surface area contributed by atoms with E-state index in [1.54, 1.807) is 32.4 Å². The Morgan fingerprint density at radius 1 is 1.13 bits per heavy atom. The summed E-state index contributed by atoms with van der Waals surface area (Å²) in [6.07, 6.45) is 2.87. The minimum absolute atomic E-state index is 0.217. The summed E-state index contributed by atoms with van der Waals surface area (Å²) in [7, 11) is 3.28. The van der Waals surface area contributed by atoms with Gasteiger partial charge in [-0.25, -0.2) is 4.79 Å². The molecule has 3 atom stereocenters. The average molecular weight is 421 g/mol. The predicted octanol–water partition coefficient (Wildman–Crippen LogP) is 2.42. The van der Waals surface area contributed by atoms with E-state index >= 15 is 0 Å². The molecule has 1 fully saturated rings. The number of ether oxygens (including phenoxy) is 2. The highest BCUT2D eigenvalue weighted by molar-refractivity contribution is 5.78. The standard InChI is InChI=1S/C24H27N3O4/c1-30-15-7-9-18-20(12-15)26-24(29)27(23(18)28)11-10-19-22-14(13-25-19)6-8-16-17(22)4-3-5-21(16)31-2/h3-5,7,9,12,14,19,22,25H,6,8,10-11,13H2,1-2H3,(H,26,29)/t14-,19?,22+/m0/s1. The smallest absolute Gasteiger partial charge is 0.328 e. The van der Waals surface area contributed by atoms with Gasteiger partial charge in [-0.05, 0) is 61.1 Å². The monoisotopic (exact) mass is 421 g/mol. The molecule has 1 aromatic heterocycles. The van der Waals surface area contributed by atoms with Crippen molar-refractivity contribution in [2.24, 2.45) is 5.92 Å². The number of nitrogens with one attached hydrogen (secondary N) is 2. The molecule has 31 heavy (non-hydrogen) atoms. The molecule has 1 aliphatic carbocycles. The van der Waals surface area contributed by atoms with E-state index in [0.29, 0.717) is 41.5 Å². The van der Waals surface area contributed by atoms with Gasteiger partial charge in [0.1, 0.15) is 11.5 Å². The van der Waals surface area contributed by atoms with E-state index < -0.39 is 0 Å². The average Bonchev–Trinajstić information content (AvgIpc) is 3.21. The molecule has 1 saturated heterocycles. The molecule has 1 unspecified atom stereocenters. The van der Waals surface area contributed by atoms with Gasteiger partial charge in [0.2, 0.25) is 0 Å². The van der Waals surface area contributed by atoms with Gasteiger partial charge in [0.25, 0.3) is 5.56 Å². The van der Waals surface area contributed by atoms with Crippen molar-refractivity contribution in [1.82, 2.24) is 14.9 Å². The van der Waals surface area contributed by atoms with E-state index in [-0.39, 0.29) is 17.3 Å². The summed E-state index contributed by atoms with van der Waals surface area (Å²) in [5, 5.41) is 4.14. The van der Waals surface area contributed by atoms with E-state index in [1.165, 1.54) is 15.7 Å². The minimum Gasteiger partial charge on any atom is -0.497 e. The number of H-pyrrole nitrogens is 1. The van der Waals surface area contributed by atoms with Gasteiger partial charge in [-0.1, -0.05) is 12.1 Å². The van der Waals surface area contributed by atoms with Crippen molar-refractivity contribution in [3.63, 3.8) is 0 Å². The second-order valence-electron chi connectivity index (χ2n) is 8.45. The Kier molecular flexibility index (Phi) is 5.06. The lowest BCUT2D eigenvalue weighted by Crippen LogP contribution is -2.38. The van der Waals surface area contributed by atoms with Crippen LogP contribution in [-0.2, 0) is 13.0 Å².